The predicted molar refractivity (Wildman–Crippen MR) is 164 cm³/mol. The van der Waals surface area contributed by atoms with Gasteiger partial charge in [-0.05, 0) is 69.7 Å². The van der Waals surface area contributed by atoms with Crippen molar-refractivity contribution in [3.8, 4) is 5.75 Å². The monoisotopic (exact) mass is 527 g/mol. The second kappa shape index (κ2) is 12.3. The molecule has 1 amide bonds. The Hall–Kier alpha value is -4.90. The number of nitrogens with one attached hydrogen (secondary N) is 1. The van der Waals surface area contributed by atoms with Gasteiger partial charge in [0.15, 0.2) is 0 Å². The first-order valence-electron chi connectivity index (χ1n) is 13.5. The van der Waals surface area contributed by atoms with Crippen LogP contribution in [0.15, 0.2) is 109 Å². The van der Waals surface area contributed by atoms with Gasteiger partial charge in [0.2, 0.25) is 5.91 Å². The van der Waals surface area contributed by atoms with E-state index in [1.54, 1.807) is 6.08 Å². The minimum absolute atomic E-state index is 0.0216. The Labute approximate surface area is 235 Å². The summed E-state index contributed by atoms with van der Waals surface area (Å²) in [5.74, 6) is 0.773. The van der Waals surface area contributed by atoms with Crippen LogP contribution in [-0.2, 0) is 4.79 Å². The van der Waals surface area contributed by atoms with E-state index in [1.165, 1.54) is 11.8 Å². The molecule has 40 heavy (non-hydrogen) atoms. The van der Waals surface area contributed by atoms with Crippen LogP contribution in [0.5, 0.6) is 5.75 Å². The van der Waals surface area contributed by atoms with Gasteiger partial charge >= 0.3 is 0 Å². The third kappa shape index (κ3) is 5.89. The Kier molecular flexibility index (Phi) is 8.21. The summed E-state index contributed by atoms with van der Waals surface area (Å²) in [6, 6.07) is 34.3. The molecular weight excluding hydrogens is 494 g/mol. The summed E-state index contributed by atoms with van der Waals surface area (Å²) < 4.78 is 6.04. The SMILES string of the molecule is CC/C(=C(/c1ccc(OCCN2CC(c3ccccc3)=CC2=O)cc1)c1ccc(N)c(C=N)c1)c1ccccc1. The molecule has 0 unspecified atom stereocenters. The van der Waals surface area contributed by atoms with Crippen LogP contribution in [0.2, 0.25) is 0 Å². The second-order valence-electron chi connectivity index (χ2n) is 9.73. The van der Waals surface area contributed by atoms with E-state index in [0.717, 1.165) is 45.6 Å². The van der Waals surface area contributed by atoms with Crippen LogP contribution in [0.1, 0.15) is 41.2 Å². The molecule has 1 aliphatic heterocycles. The van der Waals surface area contributed by atoms with E-state index in [1.807, 2.05) is 71.6 Å². The van der Waals surface area contributed by atoms with Crippen molar-refractivity contribution in [2.24, 2.45) is 0 Å². The standard InChI is InChI=1S/C35H33N3O2/c1-2-32(26-11-7-4-8-12-26)35(28-15-18-33(37)29(21-28)23-36)27-13-16-31(17-14-27)40-20-19-38-24-30(22-34(38)39)25-9-5-3-6-10-25/h3-18,21-23,36H,2,19-20,24,37H2,1H3/b35-32+,36-23?. The number of nitrogens with zero attached hydrogens (tertiary/aromatic N) is 1. The zero-order chi connectivity index (χ0) is 27.9. The van der Waals surface area contributed by atoms with Crippen LogP contribution >= 0.6 is 0 Å². The van der Waals surface area contributed by atoms with Crippen LogP contribution in [0, 0.1) is 5.41 Å². The van der Waals surface area contributed by atoms with Crippen molar-refractivity contribution >= 4 is 34.5 Å². The van der Waals surface area contributed by atoms with Crippen LogP contribution in [-0.4, -0.2) is 36.7 Å². The summed E-state index contributed by atoms with van der Waals surface area (Å²) in [6.45, 7) is 3.68. The van der Waals surface area contributed by atoms with Crippen LogP contribution in [0.3, 0.4) is 0 Å². The molecule has 1 heterocycles. The molecule has 0 aliphatic carbocycles. The molecule has 4 aromatic rings. The zero-order valence-electron chi connectivity index (χ0n) is 22.6. The van der Waals surface area contributed by atoms with Gasteiger partial charge in [-0.15, -0.1) is 0 Å². The number of amides is 1. The molecule has 0 saturated carbocycles. The van der Waals surface area contributed by atoms with Crippen molar-refractivity contribution in [1.29, 1.82) is 5.41 Å². The number of anilines is 1. The van der Waals surface area contributed by atoms with E-state index in [0.29, 0.717) is 30.9 Å². The molecule has 200 valence electrons. The van der Waals surface area contributed by atoms with Gasteiger partial charge in [0, 0.05) is 30.1 Å². The van der Waals surface area contributed by atoms with Crippen LogP contribution in [0.25, 0.3) is 16.7 Å². The maximum Gasteiger partial charge on any atom is 0.247 e. The van der Waals surface area contributed by atoms with Crippen molar-refractivity contribution in [3.63, 3.8) is 0 Å². The van der Waals surface area contributed by atoms with Gasteiger partial charge < -0.3 is 20.8 Å². The Bertz CT molecular complexity index is 1560. The highest BCUT2D eigenvalue weighted by molar-refractivity contribution is 6.01. The summed E-state index contributed by atoms with van der Waals surface area (Å²) in [6.07, 6.45) is 3.85. The number of carbonyl (C=O) groups is 1. The maximum atomic E-state index is 12.5. The molecule has 5 nitrogen and oxygen atoms in total. The number of rotatable bonds is 10. The average Bonchev–Trinajstić information content (AvgIpc) is 3.38. The number of nitrogen functional groups attached to an aromatic ring is 1. The van der Waals surface area contributed by atoms with E-state index in [2.05, 4.69) is 43.3 Å². The summed E-state index contributed by atoms with van der Waals surface area (Å²) in [4.78, 5) is 14.3. The number of hydrogen-bond acceptors (Lipinski definition) is 4. The average molecular weight is 528 g/mol. The minimum atomic E-state index is 0.0216. The molecule has 0 bridgehead atoms. The maximum absolute atomic E-state index is 12.5. The van der Waals surface area contributed by atoms with Gasteiger partial charge in [0.05, 0.1) is 6.54 Å². The molecule has 0 saturated heterocycles. The van der Waals surface area contributed by atoms with Gasteiger partial charge in [-0.3, -0.25) is 4.79 Å². The van der Waals surface area contributed by atoms with E-state index >= 15 is 0 Å². The first kappa shape index (κ1) is 26.7. The largest absolute Gasteiger partial charge is 0.492 e. The minimum Gasteiger partial charge on any atom is -0.492 e. The van der Waals surface area contributed by atoms with Gasteiger partial charge in [-0.2, -0.15) is 0 Å². The lowest BCUT2D eigenvalue weighted by Gasteiger charge is -2.19. The fraction of sp³-hybridized carbons (Fsp3) is 0.143. The van der Waals surface area contributed by atoms with Gasteiger partial charge in [-0.1, -0.05) is 85.8 Å². The first-order chi connectivity index (χ1) is 19.6. The van der Waals surface area contributed by atoms with Crippen molar-refractivity contribution in [2.45, 2.75) is 13.3 Å². The topological polar surface area (TPSA) is 79.4 Å². The molecular formula is C35H33N3O2. The first-order valence-corrected chi connectivity index (χ1v) is 13.5. The van der Waals surface area contributed by atoms with Crippen molar-refractivity contribution in [2.75, 3.05) is 25.4 Å². The summed E-state index contributed by atoms with van der Waals surface area (Å²) in [5, 5.41) is 7.80. The van der Waals surface area contributed by atoms with E-state index in [-0.39, 0.29) is 5.91 Å². The number of hydrogen-bond donors (Lipinski definition) is 2. The molecule has 3 N–H and O–H groups in total. The Morgan fingerprint density at radius 3 is 2.25 bits per heavy atom. The summed E-state index contributed by atoms with van der Waals surface area (Å²) in [5.41, 5.74) is 15.0. The molecule has 0 fully saturated rings. The Morgan fingerprint density at radius 2 is 1.57 bits per heavy atom. The van der Waals surface area contributed by atoms with Crippen molar-refractivity contribution in [3.05, 3.63) is 137 Å². The number of carbonyl (C=O) groups excluding carboxylic acids is 1. The highest BCUT2D eigenvalue weighted by atomic mass is 16.5. The number of benzene rings is 4. The highest BCUT2D eigenvalue weighted by Gasteiger charge is 2.22. The van der Waals surface area contributed by atoms with Crippen LogP contribution < -0.4 is 10.5 Å². The van der Waals surface area contributed by atoms with Crippen molar-refractivity contribution < 1.29 is 9.53 Å². The molecule has 5 rings (SSSR count). The van der Waals surface area contributed by atoms with Crippen molar-refractivity contribution in [1.82, 2.24) is 4.90 Å². The summed E-state index contributed by atoms with van der Waals surface area (Å²) in [7, 11) is 0. The van der Waals surface area contributed by atoms with Gasteiger partial charge in [0.25, 0.3) is 0 Å². The van der Waals surface area contributed by atoms with Crippen LogP contribution in [0.4, 0.5) is 5.69 Å². The molecule has 1 aliphatic rings. The molecule has 0 spiro atoms. The lowest BCUT2D eigenvalue weighted by Crippen LogP contribution is -2.30. The molecule has 5 heteroatoms. The highest BCUT2D eigenvalue weighted by Crippen LogP contribution is 2.36. The third-order valence-electron chi connectivity index (χ3n) is 7.20. The molecule has 0 atom stereocenters. The fourth-order valence-electron chi connectivity index (χ4n) is 5.11. The van der Waals surface area contributed by atoms with E-state index in [9.17, 15) is 4.79 Å². The Morgan fingerprint density at radius 1 is 0.900 bits per heavy atom. The normalized spacial score (nSPS) is 13.6. The third-order valence-corrected chi connectivity index (χ3v) is 7.20. The number of allylic oxidation sites excluding steroid dienone is 1. The lowest BCUT2D eigenvalue weighted by molar-refractivity contribution is -0.124. The smallest absolute Gasteiger partial charge is 0.247 e. The quantitative estimate of drug-likeness (QED) is 0.133. The number of nitrogens with two attached hydrogens (primary N) is 1. The fourth-order valence-corrected chi connectivity index (χ4v) is 5.11. The second-order valence-corrected chi connectivity index (χ2v) is 9.73. The zero-order valence-corrected chi connectivity index (χ0v) is 22.6. The summed E-state index contributed by atoms with van der Waals surface area (Å²) >= 11 is 0. The van der Waals surface area contributed by atoms with Gasteiger partial charge in [0.1, 0.15) is 12.4 Å². The molecule has 4 aromatic carbocycles. The molecule has 0 aromatic heterocycles. The van der Waals surface area contributed by atoms with E-state index in [4.69, 9.17) is 15.9 Å². The lowest BCUT2D eigenvalue weighted by atomic mass is 9.87. The number of ether oxygens (including phenoxy) is 1. The molecule has 0 radical (unpaired) electrons. The Balaban J connectivity index is 1.34. The van der Waals surface area contributed by atoms with E-state index < -0.39 is 0 Å². The van der Waals surface area contributed by atoms with Gasteiger partial charge in [-0.25, -0.2) is 0 Å². The predicted octanol–water partition coefficient (Wildman–Crippen LogP) is 6.94.